The van der Waals surface area contributed by atoms with Crippen molar-refractivity contribution >= 4 is 29.2 Å². The van der Waals surface area contributed by atoms with Crippen LogP contribution in [0, 0.1) is 0 Å². The van der Waals surface area contributed by atoms with Crippen LogP contribution in [0.2, 0.25) is 0 Å². The fourth-order valence-electron chi connectivity index (χ4n) is 2.73. The number of ketones is 1. The maximum Gasteiger partial charge on any atom is 0.255 e. The number of benzene rings is 2. The first kappa shape index (κ1) is 17.5. The van der Waals surface area contributed by atoms with Gasteiger partial charge in [0.05, 0.1) is 6.54 Å². The smallest absolute Gasteiger partial charge is 0.255 e. The number of rotatable bonds is 5. The molecule has 1 heterocycles. The van der Waals surface area contributed by atoms with Crippen LogP contribution in [-0.2, 0) is 16.1 Å². The lowest BCUT2D eigenvalue weighted by atomic mass is 10.1. The summed E-state index contributed by atoms with van der Waals surface area (Å²) in [5.41, 5.74) is 2.43. The van der Waals surface area contributed by atoms with Gasteiger partial charge in [-0.05, 0) is 48.9 Å². The molecule has 0 bridgehead atoms. The predicted octanol–water partition coefficient (Wildman–Crippen LogP) is 2.79. The molecule has 26 heavy (non-hydrogen) atoms. The number of likely N-dealkylation sites (tertiary alicyclic amines) is 1. The van der Waals surface area contributed by atoms with Gasteiger partial charge in [0.15, 0.2) is 5.78 Å². The minimum absolute atomic E-state index is 0.0339. The Morgan fingerprint density at radius 1 is 0.885 bits per heavy atom. The van der Waals surface area contributed by atoms with Gasteiger partial charge in [-0.2, -0.15) is 0 Å². The minimum Gasteiger partial charge on any atom is -0.322 e. The molecule has 0 radical (unpaired) electrons. The van der Waals surface area contributed by atoms with E-state index in [-0.39, 0.29) is 42.9 Å². The summed E-state index contributed by atoms with van der Waals surface area (Å²) in [7, 11) is 0. The zero-order valence-electron chi connectivity index (χ0n) is 14.3. The van der Waals surface area contributed by atoms with Crippen LogP contribution in [-0.4, -0.2) is 28.4 Å². The Bertz CT molecular complexity index is 854. The van der Waals surface area contributed by atoms with Gasteiger partial charge in [0.1, 0.15) is 0 Å². The summed E-state index contributed by atoms with van der Waals surface area (Å²) in [6.45, 7) is 1.71. The molecule has 132 valence electrons. The van der Waals surface area contributed by atoms with Crippen molar-refractivity contribution in [2.75, 3.05) is 5.32 Å². The molecule has 0 atom stereocenters. The van der Waals surface area contributed by atoms with Crippen molar-refractivity contribution in [2.45, 2.75) is 26.3 Å². The summed E-state index contributed by atoms with van der Waals surface area (Å²) < 4.78 is 0. The first-order valence-corrected chi connectivity index (χ1v) is 8.28. The van der Waals surface area contributed by atoms with Crippen LogP contribution in [0.4, 0.5) is 5.69 Å². The summed E-state index contributed by atoms with van der Waals surface area (Å²) in [5, 5.41) is 2.76. The average Bonchev–Trinajstić information content (AvgIpc) is 2.94. The quantitative estimate of drug-likeness (QED) is 0.664. The number of Topliss-reactive ketones (excluding diaryl/α,β-unsaturated/α-hetero) is 1. The summed E-state index contributed by atoms with van der Waals surface area (Å²) in [6, 6.07) is 13.4. The van der Waals surface area contributed by atoms with Crippen molar-refractivity contribution in [3.63, 3.8) is 0 Å². The number of carbonyl (C=O) groups excluding carboxylic acids is 4. The van der Waals surface area contributed by atoms with E-state index >= 15 is 0 Å². The Balaban J connectivity index is 1.64. The Morgan fingerprint density at radius 3 is 1.96 bits per heavy atom. The highest BCUT2D eigenvalue weighted by molar-refractivity contribution is 6.04. The van der Waals surface area contributed by atoms with E-state index in [1.54, 1.807) is 48.5 Å². The molecule has 1 N–H and O–H groups in total. The van der Waals surface area contributed by atoms with E-state index in [0.717, 1.165) is 5.56 Å². The van der Waals surface area contributed by atoms with Gasteiger partial charge in [0.25, 0.3) is 5.91 Å². The third-order valence-electron chi connectivity index (χ3n) is 4.26. The Labute approximate surface area is 150 Å². The van der Waals surface area contributed by atoms with Crippen molar-refractivity contribution in [3.8, 4) is 0 Å². The lowest BCUT2D eigenvalue weighted by molar-refractivity contribution is -0.139. The lowest BCUT2D eigenvalue weighted by Gasteiger charge is -2.14. The molecular weight excluding hydrogens is 332 g/mol. The number of amides is 3. The molecule has 2 aromatic rings. The minimum atomic E-state index is -0.277. The molecule has 6 nitrogen and oxygen atoms in total. The number of carbonyl (C=O) groups is 4. The largest absolute Gasteiger partial charge is 0.322 e. The number of imide groups is 1. The molecule has 6 heteroatoms. The van der Waals surface area contributed by atoms with Crippen LogP contribution < -0.4 is 5.32 Å². The third kappa shape index (κ3) is 3.85. The van der Waals surface area contributed by atoms with Crippen molar-refractivity contribution in [3.05, 3.63) is 65.2 Å². The molecule has 0 unspecified atom stereocenters. The van der Waals surface area contributed by atoms with Crippen LogP contribution in [0.25, 0.3) is 0 Å². The highest BCUT2D eigenvalue weighted by Gasteiger charge is 2.28. The normalized spacial score (nSPS) is 13.8. The van der Waals surface area contributed by atoms with Crippen molar-refractivity contribution < 1.29 is 19.2 Å². The van der Waals surface area contributed by atoms with Gasteiger partial charge >= 0.3 is 0 Å². The number of nitrogens with one attached hydrogen (secondary N) is 1. The van der Waals surface area contributed by atoms with E-state index in [0.29, 0.717) is 16.8 Å². The van der Waals surface area contributed by atoms with Crippen LogP contribution in [0.15, 0.2) is 48.5 Å². The zero-order valence-corrected chi connectivity index (χ0v) is 14.3. The zero-order chi connectivity index (χ0) is 18.7. The molecule has 3 rings (SSSR count). The van der Waals surface area contributed by atoms with Gasteiger partial charge in [-0.15, -0.1) is 0 Å². The highest BCUT2D eigenvalue weighted by atomic mass is 16.2. The summed E-state index contributed by atoms with van der Waals surface area (Å²) >= 11 is 0. The SMILES string of the molecule is CC(=O)c1ccc(NC(=O)c2ccc(CN3C(=O)CCC3=O)cc2)cc1. The number of anilines is 1. The van der Waals surface area contributed by atoms with Gasteiger partial charge in [-0.3, -0.25) is 24.1 Å². The van der Waals surface area contributed by atoms with E-state index in [1.807, 2.05) is 0 Å². The Morgan fingerprint density at radius 2 is 1.42 bits per heavy atom. The lowest BCUT2D eigenvalue weighted by Crippen LogP contribution is -2.28. The van der Waals surface area contributed by atoms with Gasteiger partial charge in [-0.1, -0.05) is 12.1 Å². The topological polar surface area (TPSA) is 83.6 Å². The number of hydrogen-bond acceptors (Lipinski definition) is 4. The maximum absolute atomic E-state index is 12.3. The first-order chi connectivity index (χ1) is 12.4. The monoisotopic (exact) mass is 350 g/mol. The van der Waals surface area contributed by atoms with Gasteiger partial charge in [0.2, 0.25) is 11.8 Å². The van der Waals surface area contributed by atoms with Crippen LogP contribution in [0.5, 0.6) is 0 Å². The maximum atomic E-state index is 12.3. The standard InChI is InChI=1S/C20H18N2O4/c1-13(23)15-6-8-17(9-7-15)21-20(26)16-4-2-14(3-5-16)12-22-18(24)10-11-19(22)25/h2-9H,10-12H2,1H3,(H,21,26). The second-order valence-corrected chi connectivity index (χ2v) is 6.16. The molecule has 1 fully saturated rings. The number of nitrogens with zero attached hydrogens (tertiary/aromatic N) is 1. The molecule has 0 aromatic heterocycles. The van der Waals surface area contributed by atoms with Gasteiger partial charge in [-0.25, -0.2) is 0 Å². The molecule has 0 aliphatic carbocycles. The predicted molar refractivity (Wildman–Crippen MR) is 95.6 cm³/mol. The van der Waals surface area contributed by atoms with E-state index in [4.69, 9.17) is 0 Å². The fraction of sp³-hybridized carbons (Fsp3) is 0.200. The van der Waals surface area contributed by atoms with Crippen LogP contribution in [0.1, 0.15) is 46.0 Å². The summed E-state index contributed by atoms with van der Waals surface area (Å²) in [5.74, 6) is -0.634. The van der Waals surface area contributed by atoms with E-state index in [1.165, 1.54) is 11.8 Å². The summed E-state index contributed by atoms with van der Waals surface area (Å²) in [4.78, 5) is 48.1. The Hall–Kier alpha value is -3.28. The van der Waals surface area contributed by atoms with E-state index in [9.17, 15) is 19.2 Å². The molecule has 3 amide bonds. The van der Waals surface area contributed by atoms with Gasteiger partial charge in [0, 0.05) is 29.7 Å². The fourth-order valence-corrected chi connectivity index (χ4v) is 2.73. The van der Waals surface area contributed by atoms with Crippen molar-refractivity contribution in [1.82, 2.24) is 4.90 Å². The van der Waals surface area contributed by atoms with E-state index < -0.39 is 0 Å². The van der Waals surface area contributed by atoms with E-state index in [2.05, 4.69) is 5.32 Å². The summed E-state index contributed by atoms with van der Waals surface area (Å²) in [6.07, 6.45) is 0.531. The van der Waals surface area contributed by atoms with Crippen LogP contribution >= 0.6 is 0 Å². The molecule has 1 aliphatic rings. The highest BCUT2D eigenvalue weighted by Crippen LogP contribution is 2.17. The second kappa shape index (κ2) is 7.31. The van der Waals surface area contributed by atoms with Crippen molar-refractivity contribution in [2.24, 2.45) is 0 Å². The molecule has 2 aromatic carbocycles. The van der Waals surface area contributed by atoms with Gasteiger partial charge < -0.3 is 5.32 Å². The first-order valence-electron chi connectivity index (χ1n) is 8.28. The number of hydrogen-bond donors (Lipinski definition) is 1. The average molecular weight is 350 g/mol. The molecule has 0 spiro atoms. The Kier molecular flexibility index (Phi) is 4.93. The second-order valence-electron chi connectivity index (χ2n) is 6.16. The third-order valence-corrected chi connectivity index (χ3v) is 4.26. The van der Waals surface area contributed by atoms with Crippen molar-refractivity contribution in [1.29, 1.82) is 0 Å². The molecule has 0 saturated carbocycles. The molecular formula is C20H18N2O4. The molecule has 1 saturated heterocycles. The molecule has 1 aliphatic heterocycles. The van der Waals surface area contributed by atoms with Crippen LogP contribution in [0.3, 0.4) is 0 Å².